The van der Waals surface area contributed by atoms with Crippen molar-refractivity contribution in [2.24, 2.45) is 0 Å². The van der Waals surface area contributed by atoms with Crippen molar-refractivity contribution in [3.8, 4) is 56.0 Å². The van der Waals surface area contributed by atoms with Crippen molar-refractivity contribution in [1.29, 1.82) is 0 Å². The summed E-state index contributed by atoms with van der Waals surface area (Å²) < 4.78 is 6.42. The zero-order chi connectivity index (χ0) is 30.0. The maximum absolute atomic E-state index is 6.42. The van der Waals surface area contributed by atoms with E-state index in [1.54, 1.807) is 0 Å². The van der Waals surface area contributed by atoms with Gasteiger partial charge >= 0.3 is 0 Å². The van der Waals surface area contributed by atoms with Gasteiger partial charge in [-0.15, -0.1) is 0 Å². The lowest BCUT2D eigenvalue weighted by Crippen LogP contribution is -2.25. The fraction of sp³-hybridized carbons (Fsp3) is 0.0222. The molecule has 1 unspecified atom stereocenters. The van der Waals surface area contributed by atoms with Crippen LogP contribution in [0.4, 0.5) is 0 Å². The molecule has 1 heteroatoms. The summed E-state index contributed by atoms with van der Waals surface area (Å²) in [5, 5.41) is 4.94. The number of ether oxygens (including phenoxy) is 1. The van der Waals surface area contributed by atoms with Gasteiger partial charge in [0, 0.05) is 16.5 Å². The second-order valence-electron chi connectivity index (χ2n) is 12.8. The van der Waals surface area contributed by atoms with Crippen LogP contribution in [0.15, 0.2) is 158 Å². The highest BCUT2D eigenvalue weighted by atomic mass is 16.5. The Morgan fingerprint density at radius 2 is 0.957 bits per heavy atom. The van der Waals surface area contributed by atoms with Crippen molar-refractivity contribution < 1.29 is 4.74 Å². The summed E-state index contributed by atoms with van der Waals surface area (Å²) >= 11 is 0. The summed E-state index contributed by atoms with van der Waals surface area (Å²) in [4.78, 5) is 0. The monoisotopic (exact) mass is 582 g/mol. The van der Waals surface area contributed by atoms with Gasteiger partial charge in [-0.05, 0) is 102 Å². The van der Waals surface area contributed by atoms with Gasteiger partial charge in [0.2, 0.25) is 0 Å². The maximum atomic E-state index is 6.42. The van der Waals surface area contributed by atoms with Gasteiger partial charge in [-0.25, -0.2) is 0 Å². The Hall–Kier alpha value is -5.92. The van der Waals surface area contributed by atoms with Gasteiger partial charge in [0.15, 0.2) is 0 Å². The molecule has 3 aliphatic rings. The predicted octanol–water partition coefficient (Wildman–Crippen LogP) is 11.8. The standard InChI is InChI=1S/C45H26O/c1-2-11-29-26-40-36(24-28(29)10-1)33-14-4-7-17-38(33)45(40)37-16-6-3-13-32(37)35-25-30(21-23-39(35)45)31-22-20-27-12-9-19-42-43(27)44(31)34-15-5-8-18-41(34)46-42/h1-26H. The van der Waals surface area contributed by atoms with E-state index in [4.69, 9.17) is 4.74 Å². The minimum atomic E-state index is -0.369. The molecule has 2 aliphatic carbocycles. The average molecular weight is 583 g/mol. The molecule has 0 amide bonds. The van der Waals surface area contributed by atoms with Crippen molar-refractivity contribution in [3.63, 3.8) is 0 Å². The summed E-state index contributed by atoms with van der Waals surface area (Å²) in [6, 6.07) is 58.3. The molecule has 0 saturated heterocycles. The first-order valence-electron chi connectivity index (χ1n) is 16.0. The molecule has 0 aromatic heterocycles. The van der Waals surface area contributed by atoms with Gasteiger partial charge in [0.1, 0.15) is 11.5 Å². The van der Waals surface area contributed by atoms with E-state index in [1.807, 2.05) is 0 Å². The minimum absolute atomic E-state index is 0.369. The molecule has 1 aliphatic heterocycles. The van der Waals surface area contributed by atoms with Gasteiger partial charge in [0.05, 0.1) is 5.41 Å². The Morgan fingerprint density at radius 3 is 1.76 bits per heavy atom. The van der Waals surface area contributed by atoms with Crippen molar-refractivity contribution in [3.05, 3.63) is 180 Å². The van der Waals surface area contributed by atoms with E-state index in [9.17, 15) is 0 Å². The molecule has 1 atom stereocenters. The first-order chi connectivity index (χ1) is 22.8. The van der Waals surface area contributed by atoms with Crippen LogP contribution >= 0.6 is 0 Å². The van der Waals surface area contributed by atoms with Crippen molar-refractivity contribution in [2.75, 3.05) is 0 Å². The highest BCUT2D eigenvalue weighted by Gasteiger charge is 2.51. The molecule has 8 aromatic carbocycles. The summed E-state index contributed by atoms with van der Waals surface area (Å²) in [6.45, 7) is 0. The van der Waals surface area contributed by atoms with Gasteiger partial charge in [-0.1, -0.05) is 127 Å². The van der Waals surface area contributed by atoms with Crippen LogP contribution in [0.5, 0.6) is 11.5 Å². The largest absolute Gasteiger partial charge is 0.456 e. The first-order valence-corrected chi connectivity index (χ1v) is 16.0. The van der Waals surface area contributed by atoms with E-state index >= 15 is 0 Å². The second-order valence-corrected chi connectivity index (χ2v) is 12.8. The van der Waals surface area contributed by atoms with Crippen LogP contribution in [-0.4, -0.2) is 0 Å². The molecule has 1 spiro atoms. The van der Waals surface area contributed by atoms with Crippen molar-refractivity contribution >= 4 is 21.5 Å². The van der Waals surface area contributed by atoms with E-state index < -0.39 is 0 Å². The predicted molar refractivity (Wildman–Crippen MR) is 189 cm³/mol. The Kier molecular flexibility index (Phi) is 4.57. The van der Waals surface area contributed by atoms with Crippen LogP contribution in [0, 0.1) is 0 Å². The smallest absolute Gasteiger partial charge is 0.135 e. The van der Waals surface area contributed by atoms with E-state index in [0.717, 1.165) is 17.1 Å². The SMILES string of the molecule is c1ccc2c(c1)Oc1cccc3ccc(-c4ccc5c(c4)-c4ccccc4C54c5ccccc5-c5cc6ccccc6cc54)c-2c13. The van der Waals surface area contributed by atoms with Gasteiger partial charge in [-0.3, -0.25) is 0 Å². The van der Waals surface area contributed by atoms with Crippen LogP contribution < -0.4 is 4.74 Å². The average Bonchev–Trinajstić information content (AvgIpc) is 3.57. The molecule has 0 radical (unpaired) electrons. The fourth-order valence-corrected chi connectivity index (χ4v) is 8.83. The molecule has 11 rings (SSSR count). The number of para-hydroxylation sites is 1. The molecule has 1 heterocycles. The Balaban J connectivity index is 1.22. The lowest BCUT2D eigenvalue weighted by atomic mass is 9.70. The molecule has 46 heavy (non-hydrogen) atoms. The molecule has 1 nitrogen and oxygen atoms in total. The minimum Gasteiger partial charge on any atom is -0.456 e. The summed E-state index contributed by atoms with van der Waals surface area (Å²) in [5.74, 6) is 1.83. The summed E-state index contributed by atoms with van der Waals surface area (Å²) in [5.41, 5.74) is 15.2. The van der Waals surface area contributed by atoms with Crippen LogP contribution in [-0.2, 0) is 5.41 Å². The van der Waals surface area contributed by atoms with Crippen LogP contribution in [0.1, 0.15) is 22.3 Å². The zero-order valence-electron chi connectivity index (χ0n) is 24.9. The third kappa shape index (κ3) is 2.91. The normalized spacial score (nSPS) is 16.1. The molecule has 8 aromatic rings. The molecule has 0 fully saturated rings. The first kappa shape index (κ1) is 24.4. The highest BCUT2D eigenvalue weighted by molar-refractivity contribution is 6.10. The second kappa shape index (κ2) is 8.62. The summed E-state index contributed by atoms with van der Waals surface area (Å²) in [7, 11) is 0. The van der Waals surface area contributed by atoms with E-state index in [1.165, 1.54) is 82.7 Å². The number of hydrogen-bond donors (Lipinski definition) is 0. The lowest BCUT2D eigenvalue weighted by Gasteiger charge is -2.30. The Morgan fingerprint density at radius 1 is 0.348 bits per heavy atom. The Bertz CT molecular complexity index is 2630. The van der Waals surface area contributed by atoms with Crippen LogP contribution in [0.3, 0.4) is 0 Å². The van der Waals surface area contributed by atoms with Gasteiger partial charge < -0.3 is 4.74 Å². The topological polar surface area (TPSA) is 9.23 Å². The highest BCUT2D eigenvalue weighted by Crippen LogP contribution is 2.63. The quantitative estimate of drug-likeness (QED) is 0.187. The molecular formula is C45H26O. The molecule has 0 bridgehead atoms. The lowest BCUT2D eigenvalue weighted by molar-refractivity contribution is 0.487. The van der Waals surface area contributed by atoms with Gasteiger partial charge in [0.25, 0.3) is 0 Å². The Labute approximate surface area is 267 Å². The number of fused-ring (bicyclic) bond motifs is 13. The van der Waals surface area contributed by atoms with E-state index in [-0.39, 0.29) is 5.41 Å². The fourth-order valence-electron chi connectivity index (χ4n) is 8.83. The number of benzene rings is 8. The van der Waals surface area contributed by atoms with Crippen LogP contribution in [0.25, 0.3) is 66.1 Å². The molecule has 0 N–H and O–H groups in total. The number of rotatable bonds is 1. The summed E-state index contributed by atoms with van der Waals surface area (Å²) in [6.07, 6.45) is 0. The van der Waals surface area contributed by atoms with E-state index in [2.05, 4.69) is 158 Å². The molecule has 212 valence electrons. The molecular weight excluding hydrogens is 556 g/mol. The van der Waals surface area contributed by atoms with Crippen molar-refractivity contribution in [1.82, 2.24) is 0 Å². The van der Waals surface area contributed by atoms with Crippen LogP contribution in [0.2, 0.25) is 0 Å². The van der Waals surface area contributed by atoms with Crippen molar-refractivity contribution in [2.45, 2.75) is 5.41 Å². The third-order valence-corrected chi connectivity index (χ3v) is 10.7. The number of hydrogen-bond acceptors (Lipinski definition) is 1. The maximum Gasteiger partial charge on any atom is 0.135 e. The molecule has 0 saturated carbocycles. The third-order valence-electron chi connectivity index (χ3n) is 10.7. The zero-order valence-corrected chi connectivity index (χ0v) is 24.9. The van der Waals surface area contributed by atoms with Gasteiger partial charge in [-0.2, -0.15) is 0 Å². The van der Waals surface area contributed by atoms with E-state index in [0.29, 0.717) is 0 Å².